The van der Waals surface area contributed by atoms with Crippen LogP contribution < -0.4 is 20.1 Å². The third kappa shape index (κ3) is 8.36. The summed E-state index contributed by atoms with van der Waals surface area (Å²) in [5, 5.41) is 6.10. The molecule has 1 heterocycles. The second-order valence-electron chi connectivity index (χ2n) is 9.31. The third-order valence-corrected chi connectivity index (χ3v) is 6.29. The number of rotatable bonds is 13. The van der Waals surface area contributed by atoms with Gasteiger partial charge in [0.1, 0.15) is 6.10 Å². The van der Waals surface area contributed by atoms with Gasteiger partial charge in [0.15, 0.2) is 11.5 Å². The van der Waals surface area contributed by atoms with E-state index in [-0.39, 0.29) is 24.0 Å². The maximum Gasteiger partial charge on any atom is 0.407 e. The predicted octanol–water partition coefficient (Wildman–Crippen LogP) is 3.48. The second-order valence-corrected chi connectivity index (χ2v) is 9.31. The number of methoxy groups -OCH3 is 2. The van der Waals surface area contributed by atoms with Crippen molar-refractivity contribution in [3.05, 3.63) is 59.7 Å². The molecule has 2 N–H and O–H groups in total. The number of alkyl carbamates (subject to hydrolysis) is 1. The quantitative estimate of drug-likeness (QED) is 0.396. The van der Waals surface area contributed by atoms with Gasteiger partial charge < -0.3 is 34.5 Å². The summed E-state index contributed by atoms with van der Waals surface area (Å²) >= 11 is 0. The van der Waals surface area contributed by atoms with Gasteiger partial charge in [-0.3, -0.25) is 4.79 Å². The summed E-state index contributed by atoms with van der Waals surface area (Å²) in [6.07, 6.45) is -0.0685. The van der Waals surface area contributed by atoms with E-state index in [9.17, 15) is 9.59 Å². The highest BCUT2D eigenvalue weighted by Crippen LogP contribution is 2.29. The van der Waals surface area contributed by atoms with Gasteiger partial charge in [-0.15, -0.1) is 0 Å². The molecular formula is C28H39N3O6. The highest BCUT2D eigenvalue weighted by Gasteiger charge is 2.34. The molecular weight excluding hydrogens is 474 g/mol. The minimum Gasteiger partial charge on any atom is -0.493 e. The standard InChI is InChI=1S/C28H39N3O6/c1-20(2)31(27(32)22-11-12-24(35-4)25(15-22)36-14-8-13-34-3)19-23-17-29-18-26(23)37-28(33)30-16-21-9-6-5-7-10-21/h5-7,9-12,15,20,23,26,29H,8,13-14,16-19H2,1-4H3,(H,30,33)/t23-,26+/m1/s1. The summed E-state index contributed by atoms with van der Waals surface area (Å²) in [6.45, 7) is 7.06. The van der Waals surface area contributed by atoms with Crippen molar-refractivity contribution < 1.29 is 28.5 Å². The van der Waals surface area contributed by atoms with Crippen LogP contribution in [0.5, 0.6) is 11.5 Å². The highest BCUT2D eigenvalue weighted by atomic mass is 16.6. The lowest BCUT2D eigenvalue weighted by Crippen LogP contribution is -2.44. The summed E-state index contributed by atoms with van der Waals surface area (Å²) in [5.74, 6) is 0.947. The van der Waals surface area contributed by atoms with Crippen LogP contribution in [0.25, 0.3) is 0 Å². The van der Waals surface area contributed by atoms with Gasteiger partial charge in [-0.1, -0.05) is 30.3 Å². The average molecular weight is 514 g/mol. The third-order valence-electron chi connectivity index (χ3n) is 6.29. The summed E-state index contributed by atoms with van der Waals surface area (Å²) in [6, 6.07) is 14.8. The molecule has 9 nitrogen and oxygen atoms in total. The Balaban J connectivity index is 1.63. The van der Waals surface area contributed by atoms with Gasteiger partial charge in [0.25, 0.3) is 5.91 Å². The molecule has 0 bridgehead atoms. The molecule has 37 heavy (non-hydrogen) atoms. The Kier molecular flexibility index (Phi) is 11.0. The number of carbonyl (C=O) groups excluding carboxylic acids is 2. The van der Waals surface area contributed by atoms with Crippen LogP contribution in [0, 0.1) is 5.92 Å². The fourth-order valence-corrected chi connectivity index (χ4v) is 4.23. The van der Waals surface area contributed by atoms with Crippen LogP contribution in [0.2, 0.25) is 0 Å². The number of nitrogens with one attached hydrogen (secondary N) is 2. The molecule has 0 radical (unpaired) electrons. The number of carbonyl (C=O) groups is 2. The molecule has 1 saturated heterocycles. The molecule has 0 spiro atoms. The fourth-order valence-electron chi connectivity index (χ4n) is 4.23. The van der Waals surface area contributed by atoms with E-state index in [1.807, 2.05) is 49.1 Å². The van der Waals surface area contributed by atoms with Gasteiger partial charge in [-0.25, -0.2) is 4.79 Å². The van der Waals surface area contributed by atoms with E-state index in [1.165, 1.54) is 0 Å². The van der Waals surface area contributed by atoms with Gasteiger partial charge in [0.05, 0.1) is 13.7 Å². The number of amides is 2. The largest absolute Gasteiger partial charge is 0.493 e. The summed E-state index contributed by atoms with van der Waals surface area (Å²) < 4.78 is 22.1. The van der Waals surface area contributed by atoms with Gasteiger partial charge >= 0.3 is 6.09 Å². The zero-order chi connectivity index (χ0) is 26.6. The molecule has 0 aromatic heterocycles. The van der Waals surface area contributed by atoms with E-state index in [4.69, 9.17) is 18.9 Å². The minimum atomic E-state index is -0.463. The fraction of sp³-hybridized carbons (Fsp3) is 0.500. The first kappa shape index (κ1) is 28.3. The Hall–Kier alpha value is -3.30. The lowest BCUT2D eigenvalue weighted by molar-refractivity contribution is 0.0521. The van der Waals surface area contributed by atoms with Crippen LogP contribution in [-0.4, -0.2) is 76.1 Å². The molecule has 2 aromatic carbocycles. The van der Waals surface area contributed by atoms with Gasteiger partial charge in [-0.2, -0.15) is 0 Å². The number of benzene rings is 2. The minimum absolute atomic E-state index is 0.0307. The van der Waals surface area contributed by atoms with E-state index in [0.29, 0.717) is 56.5 Å². The molecule has 9 heteroatoms. The molecule has 3 rings (SSSR count). The Morgan fingerprint density at radius 3 is 2.54 bits per heavy atom. The molecule has 1 fully saturated rings. The monoisotopic (exact) mass is 513 g/mol. The summed E-state index contributed by atoms with van der Waals surface area (Å²) in [4.78, 5) is 27.8. The maximum atomic E-state index is 13.6. The van der Waals surface area contributed by atoms with Crippen molar-refractivity contribution in [2.45, 2.75) is 39.0 Å². The van der Waals surface area contributed by atoms with Crippen LogP contribution in [0.4, 0.5) is 4.79 Å². The van der Waals surface area contributed by atoms with Crippen molar-refractivity contribution in [1.29, 1.82) is 0 Å². The van der Waals surface area contributed by atoms with Gasteiger partial charge in [0, 0.05) is 63.8 Å². The van der Waals surface area contributed by atoms with E-state index >= 15 is 0 Å². The average Bonchev–Trinajstić information content (AvgIpc) is 3.34. The van der Waals surface area contributed by atoms with Crippen molar-refractivity contribution in [2.24, 2.45) is 5.92 Å². The van der Waals surface area contributed by atoms with Crippen LogP contribution >= 0.6 is 0 Å². The molecule has 202 valence electrons. The first-order chi connectivity index (χ1) is 17.9. The number of ether oxygens (including phenoxy) is 4. The molecule has 2 aromatic rings. The van der Waals surface area contributed by atoms with Gasteiger partial charge in [0.2, 0.25) is 0 Å². The Morgan fingerprint density at radius 1 is 1.05 bits per heavy atom. The van der Waals surface area contributed by atoms with E-state index in [2.05, 4.69) is 10.6 Å². The SMILES string of the molecule is COCCCOc1cc(C(=O)N(C[C@H]2CNC[C@@H]2OC(=O)NCc2ccccc2)C(C)C)ccc1OC. The predicted molar refractivity (Wildman–Crippen MR) is 141 cm³/mol. The van der Waals surface area contributed by atoms with Crippen LogP contribution in [0.15, 0.2) is 48.5 Å². The topological polar surface area (TPSA) is 98.4 Å². The highest BCUT2D eigenvalue weighted by molar-refractivity contribution is 5.95. The van der Waals surface area contributed by atoms with Crippen molar-refractivity contribution in [3.63, 3.8) is 0 Å². The summed E-state index contributed by atoms with van der Waals surface area (Å²) in [7, 11) is 3.22. The van der Waals surface area contributed by atoms with Crippen molar-refractivity contribution in [1.82, 2.24) is 15.5 Å². The van der Waals surface area contributed by atoms with Crippen LogP contribution in [-0.2, 0) is 16.0 Å². The number of hydrogen-bond donors (Lipinski definition) is 2. The Morgan fingerprint density at radius 2 is 1.84 bits per heavy atom. The van der Waals surface area contributed by atoms with Crippen LogP contribution in [0.1, 0.15) is 36.2 Å². The maximum absolute atomic E-state index is 13.6. The molecule has 1 aliphatic rings. The second kappa shape index (κ2) is 14.4. The number of hydrogen-bond acceptors (Lipinski definition) is 7. The molecule has 2 amide bonds. The first-order valence-corrected chi connectivity index (χ1v) is 12.7. The van der Waals surface area contributed by atoms with Gasteiger partial charge in [-0.05, 0) is 37.6 Å². The lowest BCUT2D eigenvalue weighted by Gasteiger charge is -2.31. The normalized spacial score (nSPS) is 16.9. The Labute approximate surface area is 219 Å². The van der Waals surface area contributed by atoms with Crippen molar-refractivity contribution >= 4 is 12.0 Å². The molecule has 0 unspecified atom stereocenters. The molecule has 2 atom stereocenters. The summed E-state index contributed by atoms with van der Waals surface area (Å²) in [5.41, 5.74) is 1.51. The first-order valence-electron chi connectivity index (χ1n) is 12.7. The molecule has 0 saturated carbocycles. The number of nitrogens with zero attached hydrogens (tertiary/aromatic N) is 1. The zero-order valence-electron chi connectivity index (χ0n) is 22.2. The molecule has 0 aliphatic carbocycles. The van der Waals surface area contributed by atoms with E-state index in [0.717, 1.165) is 12.0 Å². The lowest BCUT2D eigenvalue weighted by atomic mass is 10.0. The van der Waals surface area contributed by atoms with Crippen molar-refractivity contribution in [3.8, 4) is 11.5 Å². The Bertz CT molecular complexity index is 1000. The smallest absolute Gasteiger partial charge is 0.407 e. The van der Waals surface area contributed by atoms with Crippen LogP contribution in [0.3, 0.4) is 0 Å². The molecule has 1 aliphatic heterocycles. The van der Waals surface area contributed by atoms with E-state index < -0.39 is 6.09 Å². The van der Waals surface area contributed by atoms with E-state index in [1.54, 1.807) is 32.4 Å². The van der Waals surface area contributed by atoms with Crippen molar-refractivity contribution in [2.75, 3.05) is 47.1 Å². The zero-order valence-corrected chi connectivity index (χ0v) is 22.2.